The van der Waals surface area contributed by atoms with E-state index >= 15 is 0 Å². The number of aliphatic hydroxyl groups is 2. The van der Waals surface area contributed by atoms with Gasteiger partial charge >= 0.3 is 0 Å². The van der Waals surface area contributed by atoms with Crippen LogP contribution in [0.3, 0.4) is 0 Å². The van der Waals surface area contributed by atoms with Gasteiger partial charge in [-0.1, -0.05) is 0 Å². The first-order chi connectivity index (χ1) is 8.72. The smallest absolute Gasteiger partial charge is 0.0696 e. The Balaban J connectivity index is 0.000000111. The number of hydrogen-bond acceptors (Lipinski definition) is 4. The van der Waals surface area contributed by atoms with Crippen molar-refractivity contribution >= 4 is 0 Å². The Morgan fingerprint density at radius 2 is 0.944 bits per heavy atom. The highest BCUT2D eigenvalue weighted by molar-refractivity contribution is 4.86. The lowest BCUT2D eigenvalue weighted by molar-refractivity contribution is -0.0228. The highest BCUT2D eigenvalue weighted by atomic mass is 16.3. The second-order valence-electron chi connectivity index (χ2n) is 6.41. The maximum atomic E-state index is 9.36. The second kappa shape index (κ2) is 5.45. The zero-order valence-corrected chi connectivity index (χ0v) is 11.2. The van der Waals surface area contributed by atoms with E-state index < -0.39 is 0 Å². The van der Waals surface area contributed by atoms with E-state index in [1.807, 2.05) is 0 Å². The topological polar surface area (TPSA) is 46.9 Å². The van der Waals surface area contributed by atoms with Crippen molar-refractivity contribution in [1.82, 2.24) is 9.80 Å². The first-order valence-corrected chi connectivity index (χ1v) is 7.53. The molecule has 0 amide bonds. The van der Waals surface area contributed by atoms with E-state index in [0.717, 1.165) is 13.1 Å². The van der Waals surface area contributed by atoms with Gasteiger partial charge in [0.15, 0.2) is 0 Å². The summed E-state index contributed by atoms with van der Waals surface area (Å²) >= 11 is 0. The number of fused-ring (bicyclic) bond motifs is 6. The van der Waals surface area contributed by atoms with Gasteiger partial charge in [-0.2, -0.15) is 0 Å². The van der Waals surface area contributed by atoms with Crippen LogP contribution in [0.1, 0.15) is 25.7 Å². The zero-order chi connectivity index (χ0) is 12.5. The molecule has 6 aliphatic heterocycles. The van der Waals surface area contributed by atoms with Crippen LogP contribution in [0.2, 0.25) is 0 Å². The Morgan fingerprint density at radius 1 is 0.611 bits per heavy atom. The molecule has 0 aliphatic carbocycles. The molecule has 0 unspecified atom stereocenters. The first-order valence-electron chi connectivity index (χ1n) is 7.53. The Kier molecular flexibility index (Phi) is 3.89. The summed E-state index contributed by atoms with van der Waals surface area (Å²) < 4.78 is 0. The standard InChI is InChI=1S/2C7H13NO/c2*9-7-5-8-3-1-6(7)2-4-8/h2*6-7,9H,1-5H2/t2*7-/m10/s1. The van der Waals surface area contributed by atoms with Gasteiger partial charge in [-0.15, -0.1) is 0 Å². The van der Waals surface area contributed by atoms with Crippen molar-refractivity contribution in [3.8, 4) is 0 Å². The number of aliphatic hydroxyl groups excluding tert-OH is 2. The molecule has 4 nitrogen and oxygen atoms in total. The maximum absolute atomic E-state index is 9.36. The van der Waals surface area contributed by atoms with E-state index in [4.69, 9.17) is 0 Å². The van der Waals surface area contributed by atoms with E-state index in [0.29, 0.717) is 11.8 Å². The van der Waals surface area contributed by atoms with Crippen LogP contribution in [0.5, 0.6) is 0 Å². The zero-order valence-electron chi connectivity index (χ0n) is 11.2. The summed E-state index contributed by atoms with van der Waals surface area (Å²) in [4.78, 5) is 4.70. The first kappa shape index (κ1) is 12.9. The van der Waals surface area contributed by atoms with Gasteiger partial charge in [-0.3, -0.25) is 0 Å². The normalized spacial score (nSPS) is 49.7. The molecule has 6 heterocycles. The predicted octanol–water partition coefficient (Wildman–Crippen LogP) is 0.146. The molecular weight excluding hydrogens is 228 g/mol. The Morgan fingerprint density at radius 3 is 1.06 bits per heavy atom. The lowest BCUT2D eigenvalue weighted by Gasteiger charge is -2.42. The third kappa shape index (κ3) is 2.72. The van der Waals surface area contributed by atoms with Crippen molar-refractivity contribution < 1.29 is 10.2 Å². The van der Waals surface area contributed by atoms with E-state index in [-0.39, 0.29) is 12.2 Å². The lowest BCUT2D eigenvalue weighted by atomic mass is 9.86. The van der Waals surface area contributed by atoms with Crippen LogP contribution in [0.15, 0.2) is 0 Å². The van der Waals surface area contributed by atoms with Crippen LogP contribution in [-0.2, 0) is 0 Å². The molecule has 6 rings (SSSR count). The molecule has 0 spiro atoms. The quantitative estimate of drug-likeness (QED) is 0.646. The molecule has 104 valence electrons. The van der Waals surface area contributed by atoms with E-state index in [1.54, 1.807) is 0 Å². The minimum absolute atomic E-state index is 0.00694. The van der Waals surface area contributed by atoms with E-state index in [2.05, 4.69) is 9.80 Å². The van der Waals surface area contributed by atoms with Gasteiger partial charge in [-0.25, -0.2) is 0 Å². The Labute approximate surface area is 110 Å². The van der Waals surface area contributed by atoms with Crippen LogP contribution in [0.25, 0.3) is 0 Å². The number of piperidine rings is 6. The minimum Gasteiger partial charge on any atom is -0.392 e. The van der Waals surface area contributed by atoms with Gasteiger partial charge in [-0.05, 0) is 63.7 Å². The molecule has 0 aromatic rings. The summed E-state index contributed by atoms with van der Waals surface area (Å²) in [6.45, 7) is 6.77. The third-order valence-electron chi connectivity index (χ3n) is 5.24. The minimum atomic E-state index is -0.00694. The number of hydrogen-bond donors (Lipinski definition) is 2. The van der Waals surface area contributed by atoms with Crippen LogP contribution < -0.4 is 0 Å². The van der Waals surface area contributed by atoms with Crippen molar-refractivity contribution in [2.24, 2.45) is 11.8 Å². The third-order valence-corrected chi connectivity index (χ3v) is 5.24. The molecule has 4 heteroatoms. The average molecular weight is 254 g/mol. The van der Waals surface area contributed by atoms with Gasteiger partial charge < -0.3 is 20.0 Å². The fourth-order valence-electron chi connectivity index (χ4n) is 3.87. The summed E-state index contributed by atoms with van der Waals surface area (Å²) in [5.41, 5.74) is 0. The summed E-state index contributed by atoms with van der Waals surface area (Å²) in [5.74, 6) is 1.27. The highest BCUT2D eigenvalue weighted by Crippen LogP contribution is 2.27. The van der Waals surface area contributed by atoms with Crippen molar-refractivity contribution in [2.45, 2.75) is 37.9 Å². The lowest BCUT2D eigenvalue weighted by Crippen LogP contribution is -2.50. The van der Waals surface area contributed by atoms with E-state index in [1.165, 1.54) is 51.9 Å². The molecule has 18 heavy (non-hydrogen) atoms. The van der Waals surface area contributed by atoms with E-state index in [9.17, 15) is 10.2 Å². The van der Waals surface area contributed by atoms with Crippen LogP contribution >= 0.6 is 0 Å². The molecule has 0 aromatic carbocycles. The van der Waals surface area contributed by atoms with Gasteiger partial charge in [0.25, 0.3) is 0 Å². The number of nitrogens with zero attached hydrogens (tertiary/aromatic N) is 2. The van der Waals surface area contributed by atoms with Gasteiger partial charge in [0, 0.05) is 13.1 Å². The highest BCUT2D eigenvalue weighted by Gasteiger charge is 2.33. The molecule has 6 aliphatic rings. The summed E-state index contributed by atoms with van der Waals surface area (Å²) in [6, 6.07) is 0. The molecular formula is C14H26N2O2. The molecule has 4 bridgehead atoms. The monoisotopic (exact) mass is 254 g/mol. The molecule has 2 N–H and O–H groups in total. The van der Waals surface area contributed by atoms with Crippen LogP contribution in [-0.4, -0.2) is 71.5 Å². The Bertz CT molecular complexity index is 243. The van der Waals surface area contributed by atoms with Gasteiger partial charge in [0.2, 0.25) is 0 Å². The van der Waals surface area contributed by atoms with Gasteiger partial charge in [0.05, 0.1) is 12.2 Å². The molecule has 6 fully saturated rings. The van der Waals surface area contributed by atoms with Crippen LogP contribution in [0, 0.1) is 11.8 Å². The maximum Gasteiger partial charge on any atom is 0.0696 e. The van der Waals surface area contributed by atoms with Gasteiger partial charge in [0.1, 0.15) is 0 Å². The number of rotatable bonds is 0. The molecule has 6 saturated heterocycles. The fourth-order valence-corrected chi connectivity index (χ4v) is 3.87. The SMILES string of the molecule is O[C@@H]1CN2CCC1CC2.O[C@H]1CN2CCC1CC2. The molecule has 0 saturated carbocycles. The Hall–Kier alpha value is -0.160. The summed E-state index contributed by atoms with van der Waals surface area (Å²) in [6.07, 6.45) is 4.88. The molecule has 2 atom stereocenters. The molecule has 0 aromatic heterocycles. The van der Waals surface area contributed by atoms with Crippen molar-refractivity contribution in [3.63, 3.8) is 0 Å². The summed E-state index contributed by atoms with van der Waals surface area (Å²) in [7, 11) is 0. The largest absolute Gasteiger partial charge is 0.392 e. The molecule has 0 radical (unpaired) electrons. The van der Waals surface area contributed by atoms with Crippen molar-refractivity contribution in [3.05, 3.63) is 0 Å². The second-order valence-corrected chi connectivity index (χ2v) is 6.41. The fraction of sp³-hybridized carbons (Fsp3) is 1.00. The van der Waals surface area contributed by atoms with Crippen LogP contribution in [0.4, 0.5) is 0 Å². The van der Waals surface area contributed by atoms with Crippen molar-refractivity contribution in [1.29, 1.82) is 0 Å². The predicted molar refractivity (Wildman–Crippen MR) is 70.3 cm³/mol. The van der Waals surface area contributed by atoms with Crippen molar-refractivity contribution in [2.75, 3.05) is 39.3 Å². The average Bonchev–Trinajstić information content (AvgIpc) is 2.41. The summed E-state index contributed by atoms with van der Waals surface area (Å²) in [5, 5.41) is 18.7.